The Labute approximate surface area is 150 Å². The van der Waals surface area contributed by atoms with Gasteiger partial charge in [-0.25, -0.2) is 4.98 Å². The molecule has 1 N–H and O–H groups in total. The number of nitrogens with one attached hydrogen (secondary N) is 1. The van der Waals surface area contributed by atoms with Gasteiger partial charge in [-0.05, 0) is 36.2 Å². The van der Waals surface area contributed by atoms with Gasteiger partial charge in [0.05, 0.1) is 11.8 Å². The minimum absolute atomic E-state index is 0.0554. The van der Waals surface area contributed by atoms with E-state index in [2.05, 4.69) is 17.2 Å². The van der Waals surface area contributed by atoms with Gasteiger partial charge < -0.3 is 9.47 Å². The zero-order valence-corrected chi connectivity index (χ0v) is 15.1. The van der Waals surface area contributed by atoms with Gasteiger partial charge in [-0.1, -0.05) is 42.9 Å². The first-order chi connectivity index (χ1) is 12.2. The number of hydrogen-bond donors (Lipinski definition) is 1. The van der Waals surface area contributed by atoms with E-state index in [4.69, 9.17) is 9.47 Å². The molecule has 0 aliphatic rings. The zero-order valence-electron chi connectivity index (χ0n) is 14.2. The van der Waals surface area contributed by atoms with Crippen LogP contribution in [0.4, 0.5) is 5.13 Å². The molecule has 0 spiro atoms. The third kappa shape index (κ3) is 4.28. The Morgan fingerprint density at radius 2 is 2.00 bits per heavy atom. The number of amides is 1. The molecule has 1 aromatic heterocycles. The molecule has 0 bridgehead atoms. The number of carbonyl (C=O) groups excluding carboxylic acids is 1. The predicted octanol–water partition coefficient (Wildman–Crippen LogP) is 4.27. The summed E-state index contributed by atoms with van der Waals surface area (Å²) in [4.78, 5) is 16.5. The van der Waals surface area contributed by atoms with Crippen LogP contribution in [0.1, 0.15) is 18.9 Å². The average Bonchev–Trinajstić information content (AvgIpc) is 3.03. The molecular formula is C19H20N2O3S. The summed E-state index contributed by atoms with van der Waals surface area (Å²) in [5.74, 6) is 1.13. The summed E-state index contributed by atoms with van der Waals surface area (Å²) in [5.41, 5.74) is 2.01. The highest BCUT2D eigenvalue weighted by Gasteiger charge is 2.11. The van der Waals surface area contributed by atoms with Crippen LogP contribution in [0.15, 0.2) is 42.5 Å². The average molecular weight is 356 g/mol. The van der Waals surface area contributed by atoms with Crippen molar-refractivity contribution in [2.24, 2.45) is 0 Å². The Morgan fingerprint density at radius 3 is 2.72 bits per heavy atom. The topological polar surface area (TPSA) is 60.5 Å². The number of benzene rings is 2. The number of aromatic nitrogens is 1. The first-order valence-corrected chi connectivity index (χ1v) is 8.96. The SMILES string of the molecule is CCCc1ccc(OCC(=O)Nc2nc3c(OC)cccc3s2)cc1. The second-order valence-corrected chi connectivity index (χ2v) is 6.59. The maximum absolute atomic E-state index is 12.1. The number of thiazole rings is 1. The van der Waals surface area contributed by atoms with Crippen LogP contribution < -0.4 is 14.8 Å². The minimum Gasteiger partial charge on any atom is -0.494 e. The quantitative estimate of drug-likeness (QED) is 0.686. The van der Waals surface area contributed by atoms with Crippen LogP contribution in [0.25, 0.3) is 10.2 Å². The monoisotopic (exact) mass is 356 g/mol. The number of aryl methyl sites for hydroxylation is 1. The Bertz CT molecular complexity index is 859. The lowest BCUT2D eigenvalue weighted by Crippen LogP contribution is -2.20. The van der Waals surface area contributed by atoms with Crippen molar-refractivity contribution in [2.75, 3.05) is 19.0 Å². The molecule has 0 radical (unpaired) electrons. The lowest BCUT2D eigenvalue weighted by molar-refractivity contribution is -0.118. The summed E-state index contributed by atoms with van der Waals surface area (Å²) in [5, 5.41) is 3.31. The van der Waals surface area contributed by atoms with Crippen LogP contribution in [0.5, 0.6) is 11.5 Å². The highest BCUT2D eigenvalue weighted by atomic mass is 32.1. The summed E-state index contributed by atoms with van der Waals surface area (Å²) >= 11 is 1.41. The molecule has 0 saturated heterocycles. The van der Waals surface area contributed by atoms with E-state index in [0.29, 0.717) is 16.6 Å². The minimum atomic E-state index is -0.240. The summed E-state index contributed by atoms with van der Waals surface area (Å²) in [6.07, 6.45) is 2.15. The maximum Gasteiger partial charge on any atom is 0.264 e. The Hall–Kier alpha value is -2.60. The van der Waals surface area contributed by atoms with Crippen molar-refractivity contribution in [1.82, 2.24) is 4.98 Å². The highest BCUT2D eigenvalue weighted by Crippen LogP contribution is 2.31. The van der Waals surface area contributed by atoms with Gasteiger partial charge in [-0.2, -0.15) is 0 Å². The number of ether oxygens (including phenoxy) is 2. The molecule has 2 aromatic carbocycles. The molecule has 0 unspecified atom stereocenters. The molecule has 5 nitrogen and oxygen atoms in total. The summed E-state index contributed by atoms with van der Waals surface area (Å²) in [6, 6.07) is 13.5. The predicted molar refractivity (Wildman–Crippen MR) is 101 cm³/mol. The first kappa shape index (κ1) is 17.2. The van der Waals surface area contributed by atoms with Crippen molar-refractivity contribution in [3.8, 4) is 11.5 Å². The number of rotatable bonds is 7. The molecule has 0 saturated carbocycles. The van der Waals surface area contributed by atoms with E-state index in [9.17, 15) is 4.79 Å². The van der Waals surface area contributed by atoms with Crippen molar-refractivity contribution in [3.63, 3.8) is 0 Å². The normalized spacial score (nSPS) is 10.6. The second-order valence-electron chi connectivity index (χ2n) is 5.56. The van der Waals surface area contributed by atoms with Crippen molar-refractivity contribution in [3.05, 3.63) is 48.0 Å². The van der Waals surface area contributed by atoms with E-state index >= 15 is 0 Å². The Balaban J connectivity index is 1.59. The lowest BCUT2D eigenvalue weighted by atomic mass is 10.1. The van der Waals surface area contributed by atoms with Gasteiger partial charge in [0.1, 0.15) is 17.0 Å². The number of hydrogen-bond acceptors (Lipinski definition) is 5. The lowest BCUT2D eigenvalue weighted by Gasteiger charge is -2.06. The second kappa shape index (κ2) is 7.98. The fraction of sp³-hybridized carbons (Fsp3) is 0.263. The number of methoxy groups -OCH3 is 1. The van der Waals surface area contributed by atoms with Gasteiger partial charge in [0, 0.05) is 0 Å². The van der Waals surface area contributed by atoms with Crippen molar-refractivity contribution >= 4 is 32.6 Å². The van der Waals surface area contributed by atoms with Gasteiger partial charge in [-0.3, -0.25) is 10.1 Å². The standard InChI is InChI=1S/C19H20N2O3S/c1-3-5-13-8-10-14(11-9-13)24-12-17(22)20-19-21-18-15(23-2)6-4-7-16(18)25-19/h4,6-11H,3,5,12H2,1-2H3,(H,20,21,22). The molecule has 25 heavy (non-hydrogen) atoms. The Kier molecular flexibility index (Phi) is 5.50. The van der Waals surface area contributed by atoms with Gasteiger partial charge in [0.2, 0.25) is 0 Å². The summed E-state index contributed by atoms with van der Waals surface area (Å²) < 4.78 is 11.8. The molecular weight excluding hydrogens is 336 g/mol. The number of carbonyl (C=O) groups is 1. The maximum atomic E-state index is 12.1. The number of para-hydroxylation sites is 1. The van der Waals surface area contributed by atoms with Crippen LogP contribution in [-0.4, -0.2) is 24.6 Å². The van der Waals surface area contributed by atoms with Gasteiger partial charge in [0.25, 0.3) is 5.91 Å². The van der Waals surface area contributed by atoms with E-state index in [-0.39, 0.29) is 12.5 Å². The van der Waals surface area contributed by atoms with E-state index in [0.717, 1.165) is 23.1 Å². The largest absolute Gasteiger partial charge is 0.494 e. The van der Waals surface area contributed by atoms with Gasteiger partial charge >= 0.3 is 0 Å². The van der Waals surface area contributed by atoms with Crippen LogP contribution in [-0.2, 0) is 11.2 Å². The molecule has 1 heterocycles. The highest BCUT2D eigenvalue weighted by molar-refractivity contribution is 7.22. The van der Waals surface area contributed by atoms with Gasteiger partial charge in [0.15, 0.2) is 11.7 Å². The van der Waals surface area contributed by atoms with E-state index in [1.165, 1.54) is 16.9 Å². The fourth-order valence-electron chi connectivity index (χ4n) is 2.49. The van der Waals surface area contributed by atoms with Gasteiger partial charge in [-0.15, -0.1) is 0 Å². The van der Waals surface area contributed by atoms with E-state index < -0.39 is 0 Å². The van der Waals surface area contributed by atoms with Crippen molar-refractivity contribution in [2.45, 2.75) is 19.8 Å². The van der Waals surface area contributed by atoms with Crippen LogP contribution in [0.2, 0.25) is 0 Å². The molecule has 0 fully saturated rings. The zero-order chi connectivity index (χ0) is 17.6. The molecule has 130 valence electrons. The number of anilines is 1. The van der Waals surface area contributed by atoms with Crippen LogP contribution >= 0.6 is 11.3 Å². The molecule has 0 aliphatic heterocycles. The smallest absolute Gasteiger partial charge is 0.264 e. The van der Waals surface area contributed by atoms with Crippen molar-refractivity contribution < 1.29 is 14.3 Å². The molecule has 1 amide bonds. The van der Waals surface area contributed by atoms with E-state index in [1.54, 1.807) is 7.11 Å². The number of nitrogens with zero attached hydrogens (tertiary/aromatic N) is 1. The molecule has 3 aromatic rings. The van der Waals surface area contributed by atoms with Crippen molar-refractivity contribution in [1.29, 1.82) is 0 Å². The number of fused-ring (bicyclic) bond motifs is 1. The molecule has 3 rings (SSSR count). The summed E-state index contributed by atoms with van der Waals surface area (Å²) in [7, 11) is 1.60. The summed E-state index contributed by atoms with van der Waals surface area (Å²) in [6.45, 7) is 2.09. The molecule has 0 atom stereocenters. The fourth-order valence-corrected chi connectivity index (χ4v) is 3.39. The first-order valence-electron chi connectivity index (χ1n) is 8.14. The molecule has 0 aliphatic carbocycles. The third-order valence-electron chi connectivity index (χ3n) is 3.68. The van der Waals surface area contributed by atoms with Crippen LogP contribution in [0, 0.1) is 0 Å². The van der Waals surface area contributed by atoms with Crippen LogP contribution in [0.3, 0.4) is 0 Å². The molecule has 6 heteroatoms. The van der Waals surface area contributed by atoms with E-state index in [1.807, 2.05) is 42.5 Å². The Morgan fingerprint density at radius 1 is 1.20 bits per heavy atom. The third-order valence-corrected chi connectivity index (χ3v) is 4.62.